The van der Waals surface area contributed by atoms with E-state index >= 15 is 0 Å². The van der Waals surface area contributed by atoms with Gasteiger partial charge in [0.15, 0.2) is 5.78 Å². The Morgan fingerprint density at radius 2 is 1.43 bits per heavy atom. The number of carbonyl (C=O) groups is 1. The van der Waals surface area contributed by atoms with Crippen molar-refractivity contribution in [3.8, 4) is 0 Å². The molecular formula is C11H10OS2. The van der Waals surface area contributed by atoms with E-state index in [9.17, 15) is 4.79 Å². The summed E-state index contributed by atoms with van der Waals surface area (Å²) >= 11 is 3.24. The minimum Gasteiger partial charge on any atom is -0.289 e. The Morgan fingerprint density at radius 1 is 1.00 bits per heavy atom. The first-order chi connectivity index (χ1) is 6.70. The van der Waals surface area contributed by atoms with Crippen molar-refractivity contribution < 1.29 is 4.79 Å². The van der Waals surface area contributed by atoms with E-state index in [1.165, 1.54) is 0 Å². The molecular weight excluding hydrogens is 212 g/mol. The second-order valence-corrected chi connectivity index (χ2v) is 5.35. The molecule has 0 N–H and O–H groups in total. The highest BCUT2D eigenvalue weighted by Gasteiger charge is 2.14. The van der Waals surface area contributed by atoms with Crippen molar-refractivity contribution in [1.29, 1.82) is 0 Å². The Labute approximate surface area is 91.0 Å². The molecule has 14 heavy (non-hydrogen) atoms. The predicted octanol–water partition coefficient (Wildman–Crippen LogP) is 3.66. The lowest BCUT2D eigenvalue weighted by Gasteiger charge is -1.98. The zero-order valence-electron chi connectivity index (χ0n) is 8.03. The molecule has 0 aliphatic heterocycles. The van der Waals surface area contributed by atoms with Crippen LogP contribution in [0, 0.1) is 13.8 Å². The van der Waals surface area contributed by atoms with Crippen LogP contribution in [-0.2, 0) is 0 Å². The third-order valence-electron chi connectivity index (χ3n) is 2.21. The van der Waals surface area contributed by atoms with Crippen molar-refractivity contribution in [1.82, 2.24) is 0 Å². The molecule has 72 valence electrons. The van der Waals surface area contributed by atoms with Crippen molar-refractivity contribution in [3.05, 3.63) is 43.8 Å². The Bertz CT molecular complexity index is 423. The van der Waals surface area contributed by atoms with Crippen LogP contribution in [0.4, 0.5) is 0 Å². The molecule has 2 heterocycles. The number of rotatable bonds is 2. The first-order valence-corrected chi connectivity index (χ1v) is 6.09. The predicted molar refractivity (Wildman–Crippen MR) is 61.5 cm³/mol. The third kappa shape index (κ3) is 1.53. The number of hydrogen-bond donors (Lipinski definition) is 0. The van der Waals surface area contributed by atoms with Gasteiger partial charge in [-0.05, 0) is 36.7 Å². The van der Waals surface area contributed by atoms with Crippen molar-refractivity contribution in [2.45, 2.75) is 13.8 Å². The van der Waals surface area contributed by atoms with E-state index in [-0.39, 0.29) is 5.78 Å². The van der Waals surface area contributed by atoms with Gasteiger partial charge in [-0.15, -0.1) is 22.7 Å². The summed E-state index contributed by atoms with van der Waals surface area (Å²) in [4.78, 5) is 14.2. The number of thiophene rings is 2. The maximum Gasteiger partial charge on any atom is 0.195 e. The fraction of sp³-hybridized carbons (Fsp3) is 0.182. The molecule has 2 rings (SSSR count). The molecule has 0 unspecified atom stereocenters. The van der Waals surface area contributed by atoms with Gasteiger partial charge in [0.05, 0.1) is 0 Å². The maximum atomic E-state index is 12.0. The zero-order valence-corrected chi connectivity index (χ0v) is 9.67. The van der Waals surface area contributed by atoms with Crippen LogP contribution in [0.5, 0.6) is 0 Å². The molecule has 0 radical (unpaired) electrons. The molecule has 0 fully saturated rings. The van der Waals surface area contributed by atoms with Gasteiger partial charge in [-0.2, -0.15) is 0 Å². The van der Waals surface area contributed by atoms with E-state index in [1.807, 2.05) is 36.7 Å². The standard InChI is InChI=1S/C11H10OS2/c1-7-9(3-5-13-7)11(12)10-4-6-14-8(10)2/h3-6H,1-2H3. The fourth-order valence-corrected chi connectivity index (χ4v) is 2.78. The number of aryl methyl sites for hydroxylation is 2. The molecule has 1 nitrogen and oxygen atoms in total. The Kier molecular flexibility index (Phi) is 2.52. The van der Waals surface area contributed by atoms with Crippen LogP contribution in [0.25, 0.3) is 0 Å². The lowest BCUT2D eigenvalue weighted by Crippen LogP contribution is -2.00. The lowest BCUT2D eigenvalue weighted by molar-refractivity contribution is 0.103. The highest BCUT2D eigenvalue weighted by molar-refractivity contribution is 7.10. The smallest absolute Gasteiger partial charge is 0.195 e. The van der Waals surface area contributed by atoms with Crippen molar-refractivity contribution in [2.24, 2.45) is 0 Å². The van der Waals surface area contributed by atoms with Crippen molar-refractivity contribution in [2.75, 3.05) is 0 Å². The molecule has 0 amide bonds. The molecule has 2 aromatic rings. The number of carbonyl (C=O) groups excluding carboxylic acids is 1. The van der Waals surface area contributed by atoms with Crippen LogP contribution in [0.3, 0.4) is 0 Å². The van der Waals surface area contributed by atoms with Gasteiger partial charge in [-0.3, -0.25) is 4.79 Å². The van der Waals surface area contributed by atoms with Crippen molar-refractivity contribution >= 4 is 28.5 Å². The molecule has 0 atom stereocenters. The van der Waals surface area contributed by atoms with Crippen LogP contribution in [0.2, 0.25) is 0 Å². The highest BCUT2D eigenvalue weighted by Crippen LogP contribution is 2.23. The quantitative estimate of drug-likeness (QED) is 0.709. The minimum atomic E-state index is 0.155. The van der Waals surface area contributed by atoms with Gasteiger partial charge in [0, 0.05) is 20.9 Å². The molecule has 0 aliphatic rings. The average molecular weight is 222 g/mol. The summed E-state index contributed by atoms with van der Waals surface area (Å²) in [5, 5.41) is 3.93. The van der Waals surface area contributed by atoms with Gasteiger partial charge < -0.3 is 0 Å². The van der Waals surface area contributed by atoms with E-state index in [1.54, 1.807) is 22.7 Å². The second kappa shape index (κ2) is 3.67. The van der Waals surface area contributed by atoms with Gasteiger partial charge in [-0.25, -0.2) is 0 Å². The van der Waals surface area contributed by atoms with Crippen LogP contribution < -0.4 is 0 Å². The number of hydrogen-bond acceptors (Lipinski definition) is 3. The third-order valence-corrected chi connectivity index (χ3v) is 3.90. The summed E-state index contributed by atoms with van der Waals surface area (Å²) in [7, 11) is 0. The summed E-state index contributed by atoms with van der Waals surface area (Å²) in [6, 6.07) is 3.80. The summed E-state index contributed by atoms with van der Waals surface area (Å²) in [5.74, 6) is 0.155. The number of ketones is 1. The molecule has 0 aliphatic carbocycles. The Morgan fingerprint density at radius 3 is 1.71 bits per heavy atom. The normalized spacial score (nSPS) is 10.4. The topological polar surface area (TPSA) is 17.1 Å². The minimum absolute atomic E-state index is 0.155. The van der Waals surface area contributed by atoms with Gasteiger partial charge >= 0.3 is 0 Å². The van der Waals surface area contributed by atoms with Gasteiger partial charge in [0.1, 0.15) is 0 Å². The van der Waals surface area contributed by atoms with E-state index < -0.39 is 0 Å². The summed E-state index contributed by atoms with van der Waals surface area (Å²) < 4.78 is 0. The van der Waals surface area contributed by atoms with Crippen LogP contribution in [0.15, 0.2) is 22.9 Å². The Hall–Kier alpha value is -0.930. The molecule has 3 heteroatoms. The van der Waals surface area contributed by atoms with E-state index in [4.69, 9.17) is 0 Å². The molecule has 0 saturated carbocycles. The molecule has 0 saturated heterocycles. The van der Waals surface area contributed by atoms with Crippen LogP contribution in [-0.4, -0.2) is 5.78 Å². The first-order valence-electron chi connectivity index (χ1n) is 4.33. The van der Waals surface area contributed by atoms with Gasteiger partial charge in [0.2, 0.25) is 0 Å². The molecule has 0 bridgehead atoms. The second-order valence-electron chi connectivity index (χ2n) is 3.11. The van der Waals surface area contributed by atoms with Crippen LogP contribution >= 0.6 is 22.7 Å². The molecule has 0 aromatic carbocycles. The summed E-state index contributed by atoms with van der Waals surface area (Å²) in [6.07, 6.45) is 0. The maximum absolute atomic E-state index is 12.0. The SMILES string of the molecule is Cc1sccc1C(=O)c1ccsc1C. The van der Waals surface area contributed by atoms with Crippen LogP contribution in [0.1, 0.15) is 25.7 Å². The lowest BCUT2D eigenvalue weighted by atomic mass is 10.1. The van der Waals surface area contributed by atoms with E-state index in [0.29, 0.717) is 0 Å². The first kappa shape index (κ1) is 9.62. The van der Waals surface area contributed by atoms with Gasteiger partial charge in [0.25, 0.3) is 0 Å². The monoisotopic (exact) mass is 222 g/mol. The van der Waals surface area contributed by atoms with E-state index in [2.05, 4.69) is 0 Å². The van der Waals surface area contributed by atoms with E-state index in [0.717, 1.165) is 20.9 Å². The molecule has 2 aromatic heterocycles. The average Bonchev–Trinajstić information content (AvgIpc) is 2.73. The summed E-state index contributed by atoms with van der Waals surface area (Å²) in [5.41, 5.74) is 1.69. The largest absolute Gasteiger partial charge is 0.289 e. The van der Waals surface area contributed by atoms with Gasteiger partial charge in [-0.1, -0.05) is 0 Å². The van der Waals surface area contributed by atoms with Crippen molar-refractivity contribution in [3.63, 3.8) is 0 Å². The summed E-state index contributed by atoms with van der Waals surface area (Å²) in [6.45, 7) is 3.97. The highest BCUT2D eigenvalue weighted by atomic mass is 32.1. The fourth-order valence-electron chi connectivity index (χ4n) is 1.39. The Balaban J connectivity index is 2.44. The zero-order chi connectivity index (χ0) is 10.1. The molecule has 0 spiro atoms.